The van der Waals surface area contributed by atoms with Crippen molar-refractivity contribution in [3.63, 3.8) is 0 Å². The maximum atomic E-state index is 11.5. The second-order valence-corrected chi connectivity index (χ2v) is 6.59. The van der Waals surface area contributed by atoms with Gasteiger partial charge in [0, 0.05) is 19.8 Å². The van der Waals surface area contributed by atoms with E-state index >= 15 is 0 Å². The van der Waals surface area contributed by atoms with Crippen molar-refractivity contribution in [3.8, 4) is 0 Å². The lowest BCUT2D eigenvalue weighted by Crippen LogP contribution is -2.31. The first-order valence-corrected chi connectivity index (χ1v) is 8.02. The maximum absolute atomic E-state index is 11.5. The van der Waals surface area contributed by atoms with Crippen LogP contribution < -0.4 is 14.6 Å². The number of aromatic nitrogens is 2. The fourth-order valence-corrected chi connectivity index (χ4v) is 2.82. The predicted octanol–water partition coefficient (Wildman–Crippen LogP) is -1.28. The Kier molecular flexibility index (Phi) is 4.32. The topological polar surface area (TPSA) is 136 Å². The van der Waals surface area contributed by atoms with Crippen LogP contribution in [0.25, 0.3) is 0 Å². The molecule has 1 aromatic rings. The van der Waals surface area contributed by atoms with Gasteiger partial charge in [-0.15, -0.1) is 0 Å². The normalized spacial score (nSPS) is 12.6. The molecule has 104 valence electrons. The smallest absolute Gasteiger partial charge is 0.272 e. The van der Waals surface area contributed by atoms with Crippen LogP contribution in [0, 0.1) is 0 Å². The molecule has 0 aliphatic rings. The highest BCUT2D eigenvalue weighted by molar-refractivity contribution is 7.91. The Hall–Kier alpha value is -1.17. The van der Waals surface area contributed by atoms with E-state index in [-0.39, 0.29) is 17.3 Å². The van der Waals surface area contributed by atoms with Crippen molar-refractivity contribution >= 4 is 26.1 Å². The molecular formula is C7H15N5O4S2. The van der Waals surface area contributed by atoms with Gasteiger partial charge in [0.1, 0.15) is 4.90 Å². The van der Waals surface area contributed by atoms with Crippen LogP contribution in [0.2, 0.25) is 0 Å². The zero-order chi connectivity index (χ0) is 14.0. The summed E-state index contributed by atoms with van der Waals surface area (Å²) in [4.78, 5) is -0.383. The summed E-state index contributed by atoms with van der Waals surface area (Å²) in [6.07, 6.45) is 1.72. The first kappa shape index (κ1) is 14.9. The Bertz CT molecular complexity index is 618. The van der Waals surface area contributed by atoms with Gasteiger partial charge in [0.25, 0.3) is 10.2 Å². The van der Waals surface area contributed by atoms with Crippen molar-refractivity contribution in [2.45, 2.75) is 18.2 Å². The molecule has 11 heteroatoms. The summed E-state index contributed by atoms with van der Waals surface area (Å²) in [5.41, 5.74) is 0. The van der Waals surface area contributed by atoms with Crippen molar-refractivity contribution in [2.75, 3.05) is 11.3 Å². The number of aryl methyl sites for hydroxylation is 1. The van der Waals surface area contributed by atoms with Gasteiger partial charge in [-0.05, 0) is 6.42 Å². The Balaban J connectivity index is 3.06. The minimum absolute atomic E-state index is 0.229. The third-order valence-corrected chi connectivity index (χ3v) is 3.83. The number of primary sulfonamides is 1. The molecule has 0 fully saturated rings. The van der Waals surface area contributed by atoms with Gasteiger partial charge in [-0.2, -0.15) is 18.2 Å². The first-order valence-electron chi connectivity index (χ1n) is 4.99. The Labute approximate surface area is 106 Å². The van der Waals surface area contributed by atoms with Crippen LogP contribution >= 0.6 is 0 Å². The Morgan fingerprint density at radius 3 is 2.50 bits per heavy atom. The zero-order valence-corrected chi connectivity index (χ0v) is 11.5. The predicted molar refractivity (Wildman–Crippen MR) is 65.4 cm³/mol. The highest BCUT2D eigenvalue weighted by atomic mass is 32.2. The number of sulfonamides is 1. The van der Waals surface area contributed by atoms with Gasteiger partial charge in [0.05, 0.1) is 0 Å². The van der Waals surface area contributed by atoms with Gasteiger partial charge in [0.2, 0.25) is 10.0 Å². The molecule has 18 heavy (non-hydrogen) atoms. The lowest BCUT2D eigenvalue weighted by atomic mass is 10.5. The Morgan fingerprint density at radius 2 is 2.00 bits per heavy atom. The molecule has 0 aliphatic heterocycles. The van der Waals surface area contributed by atoms with Crippen molar-refractivity contribution < 1.29 is 16.8 Å². The summed E-state index contributed by atoms with van der Waals surface area (Å²) in [5.74, 6) is -0.330. The summed E-state index contributed by atoms with van der Waals surface area (Å²) < 4.78 is 50.9. The fraction of sp³-hybridized carbons (Fsp3) is 0.571. The summed E-state index contributed by atoms with van der Waals surface area (Å²) in [5, 5.41) is 8.65. The third kappa shape index (κ3) is 3.94. The molecule has 0 atom stereocenters. The SMILES string of the molecule is CCCNS(=O)(=O)Nc1nn(C)cc1S(N)(=O)=O. The van der Waals surface area contributed by atoms with Gasteiger partial charge in [-0.3, -0.25) is 9.40 Å². The summed E-state index contributed by atoms with van der Waals surface area (Å²) >= 11 is 0. The number of hydrogen-bond donors (Lipinski definition) is 3. The van der Waals surface area contributed by atoms with Crippen LogP contribution in [-0.4, -0.2) is 33.2 Å². The van der Waals surface area contributed by atoms with E-state index < -0.39 is 20.2 Å². The van der Waals surface area contributed by atoms with Gasteiger partial charge < -0.3 is 0 Å². The van der Waals surface area contributed by atoms with Crippen LogP contribution in [0.3, 0.4) is 0 Å². The molecule has 0 amide bonds. The average Bonchev–Trinajstić information content (AvgIpc) is 2.55. The van der Waals surface area contributed by atoms with Crippen molar-refractivity contribution in [1.82, 2.24) is 14.5 Å². The molecule has 0 saturated carbocycles. The van der Waals surface area contributed by atoms with Crippen LogP contribution in [0.5, 0.6) is 0 Å². The van der Waals surface area contributed by atoms with E-state index in [1.54, 1.807) is 6.92 Å². The minimum Gasteiger partial charge on any atom is -0.272 e. The summed E-state index contributed by atoms with van der Waals surface area (Å²) in [7, 11) is -6.46. The summed E-state index contributed by atoms with van der Waals surface area (Å²) in [6, 6.07) is 0. The molecule has 0 bridgehead atoms. The van der Waals surface area contributed by atoms with E-state index in [0.29, 0.717) is 6.42 Å². The van der Waals surface area contributed by atoms with E-state index in [9.17, 15) is 16.8 Å². The quantitative estimate of drug-likeness (QED) is 0.601. The minimum atomic E-state index is -4.04. The lowest BCUT2D eigenvalue weighted by molar-refractivity contribution is 0.586. The zero-order valence-electron chi connectivity index (χ0n) is 9.91. The number of nitrogens with zero attached hydrogens (tertiary/aromatic N) is 2. The Morgan fingerprint density at radius 1 is 1.39 bits per heavy atom. The van der Waals surface area contributed by atoms with E-state index in [2.05, 4.69) is 9.82 Å². The van der Waals surface area contributed by atoms with E-state index in [1.165, 1.54) is 7.05 Å². The van der Waals surface area contributed by atoms with Crippen LogP contribution in [0.15, 0.2) is 11.1 Å². The molecule has 9 nitrogen and oxygen atoms in total. The van der Waals surface area contributed by atoms with Crippen molar-refractivity contribution in [3.05, 3.63) is 6.20 Å². The molecule has 0 radical (unpaired) electrons. The standard InChI is InChI=1S/C7H15N5O4S2/c1-3-4-9-18(15,16)11-7-6(17(8,13)14)5-12(2)10-7/h5,9H,3-4H2,1-2H3,(H,10,11)(H2,8,13,14). The molecule has 0 saturated heterocycles. The van der Waals surface area contributed by atoms with Crippen LogP contribution in [0.4, 0.5) is 5.82 Å². The third-order valence-electron chi connectivity index (χ3n) is 1.87. The maximum Gasteiger partial charge on any atom is 0.300 e. The molecule has 0 unspecified atom stereocenters. The average molecular weight is 297 g/mol. The van der Waals surface area contributed by atoms with Gasteiger partial charge in [0.15, 0.2) is 5.82 Å². The van der Waals surface area contributed by atoms with E-state index in [4.69, 9.17) is 5.14 Å². The molecule has 0 aliphatic carbocycles. The van der Waals surface area contributed by atoms with E-state index in [1.807, 2.05) is 4.72 Å². The van der Waals surface area contributed by atoms with Crippen molar-refractivity contribution in [1.29, 1.82) is 0 Å². The lowest BCUT2D eigenvalue weighted by Gasteiger charge is -2.07. The number of rotatable bonds is 6. The highest BCUT2D eigenvalue weighted by Crippen LogP contribution is 2.17. The molecule has 0 spiro atoms. The fourth-order valence-electron chi connectivity index (χ4n) is 1.15. The second-order valence-electron chi connectivity index (χ2n) is 3.56. The molecule has 1 heterocycles. The number of hydrogen-bond acceptors (Lipinski definition) is 5. The molecule has 1 rings (SSSR count). The highest BCUT2D eigenvalue weighted by Gasteiger charge is 2.21. The number of nitrogens with two attached hydrogens (primary N) is 1. The number of nitrogens with one attached hydrogen (secondary N) is 2. The molecular weight excluding hydrogens is 282 g/mol. The number of anilines is 1. The van der Waals surface area contributed by atoms with Crippen LogP contribution in [-0.2, 0) is 27.3 Å². The van der Waals surface area contributed by atoms with Gasteiger partial charge in [-0.25, -0.2) is 13.6 Å². The monoisotopic (exact) mass is 297 g/mol. The largest absolute Gasteiger partial charge is 0.300 e. The second kappa shape index (κ2) is 5.22. The van der Waals surface area contributed by atoms with Crippen LogP contribution in [0.1, 0.15) is 13.3 Å². The summed E-state index contributed by atoms with van der Waals surface area (Å²) in [6.45, 7) is 2.02. The van der Waals surface area contributed by atoms with Crippen molar-refractivity contribution in [2.24, 2.45) is 12.2 Å². The van der Waals surface area contributed by atoms with Gasteiger partial charge in [-0.1, -0.05) is 6.92 Å². The molecule has 1 aromatic heterocycles. The van der Waals surface area contributed by atoms with Gasteiger partial charge >= 0.3 is 0 Å². The molecule has 4 N–H and O–H groups in total. The molecule has 0 aromatic carbocycles. The van der Waals surface area contributed by atoms with E-state index in [0.717, 1.165) is 10.9 Å². The first-order chi connectivity index (χ1) is 8.15.